The Morgan fingerprint density at radius 3 is 2.67 bits per heavy atom. The van der Waals surface area contributed by atoms with E-state index in [-0.39, 0.29) is 11.7 Å². The molecule has 1 unspecified atom stereocenters. The molecule has 0 saturated carbocycles. The second-order valence-electron chi connectivity index (χ2n) is 3.52. The predicted octanol–water partition coefficient (Wildman–Crippen LogP) is 2.64. The maximum Gasteiger partial charge on any atom is 0.144 e. The van der Waals surface area contributed by atoms with Gasteiger partial charge < -0.3 is 4.74 Å². The van der Waals surface area contributed by atoms with Crippen LogP contribution < -0.4 is 0 Å². The molecule has 0 amide bonds. The molecule has 2 heteroatoms. The van der Waals surface area contributed by atoms with Crippen LogP contribution in [0.3, 0.4) is 0 Å². The first kappa shape index (κ1) is 9.54. The Labute approximate surface area is 74.5 Å². The molecule has 2 nitrogen and oxygen atoms in total. The maximum absolute atomic E-state index is 8.74. The van der Waals surface area contributed by atoms with Crippen molar-refractivity contribution in [2.24, 2.45) is 0 Å². The number of nitrogens with zero attached hydrogens (tertiary/aromatic N) is 1. The van der Waals surface area contributed by atoms with Gasteiger partial charge in [-0.25, -0.2) is 0 Å². The predicted molar refractivity (Wildman–Crippen MR) is 47.7 cm³/mol. The Morgan fingerprint density at radius 1 is 1.50 bits per heavy atom. The van der Waals surface area contributed by atoms with E-state index in [4.69, 9.17) is 10.00 Å². The van der Waals surface area contributed by atoms with Crippen LogP contribution >= 0.6 is 0 Å². The van der Waals surface area contributed by atoms with Crippen molar-refractivity contribution in [3.8, 4) is 6.07 Å². The van der Waals surface area contributed by atoms with E-state index in [0.717, 1.165) is 32.1 Å². The van der Waals surface area contributed by atoms with Gasteiger partial charge in [0, 0.05) is 0 Å². The van der Waals surface area contributed by atoms with Crippen molar-refractivity contribution in [1.29, 1.82) is 5.26 Å². The average Bonchev–Trinajstić information content (AvgIpc) is 2.18. The smallest absolute Gasteiger partial charge is 0.144 e. The van der Waals surface area contributed by atoms with Crippen molar-refractivity contribution >= 4 is 0 Å². The summed E-state index contributed by atoms with van der Waals surface area (Å²) in [5, 5.41) is 8.74. The highest BCUT2D eigenvalue weighted by atomic mass is 16.5. The van der Waals surface area contributed by atoms with Gasteiger partial charge in [-0.15, -0.1) is 0 Å². The lowest BCUT2D eigenvalue weighted by atomic mass is 9.87. The van der Waals surface area contributed by atoms with Crippen LogP contribution in [0, 0.1) is 11.3 Å². The Morgan fingerprint density at radius 2 is 2.17 bits per heavy atom. The quantitative estimate of drug-likeness (QED) is 0.633. The first-order valence-corrected chi connectivity index (χ1v) is 4.84. The van der Waals surface area contributed by atoms with Crippen LogP contribution in [-0.4, -0.2) is 11.7 Å². The molecule has 0 aromatic rings. The lowest BCUT2D eigenvalue weighted by Gasteiger charge is -2.38. The third-order valence-electron chi connectivity index (χ3n) is 2.92. The van der Waals surface area contributed by atoms with Crippen molar-refractivity contribution < 1.29 is 4.74 Å². The highest BCUT2D eigenvalue weighted by Gasteiger charge is 2.33. The molecule has 1 rings (SSSR count). The number of hydrogen-bond acceptors (Lipinski definition) is 2. The molecule has 1 heterocycles. The number of hydrogen-bond donors (Lipinski definition) is 0. The summed E-state index contributed by atoms with van der Waals surface area (Å²) in [6, 6.07) is 2.21. The Kier molecular flexibility index (Phi) is 3.11. The molecule has 1 aliphatic rings. The van der Waals surface area contributed by atoms with Crippen molar-refractivity contribution in [3.63, 3.8) is 0 Å². The first-order chi connectivity index (χ1) is 5.76. The van der Waals surface area contributed by atoms with Crippen LogP contribution in [0.15, 0.2) is 0 Å². The topological polar surface area (TPSA) is 33.0 Å². The number of nitriles is 1. The van der Waals surface area contributed by atoms with Gasteiger partial charge in [-0.3, -0.25) is 0 Å². The summed E-state index contributed by atoms with van der Waals surface area (Å²) >= 11 is 0. The van der Waals surface area contributed by atoms with Gasteiger partial charge in [0.25, 0.3) is 0 Å². The zero-order valence-electron chi connectivity index (χ0n) is 7.97. The van der Waals surface area contributed by atoms with Crippen molar-refractivity contribution in [3.05, 3.63) is 0 Å². The van der Waals surface area contributed by atoms with E-state index in [1.807, 2.05) is 0 Å². The van der Waals surface area contributed by atoms with Crippen LogP contribution in [0.2, 0.25) is 0 Å². The fourth-order valence-electron chi connectivity index (χ4n) is 1.89. The van der Waals surface area contributed by atoms with Gasteiger partial charge in [0.2, 0.25) is 0 Å². The molecule has 0 N–H and O–H groups in total. The SMILES string of the molecule is CCC1(CC)CCCC(C#N)O1. The molecule has 1 aliphatic heterocycles. The maximum atomic E-state index is 8.74. The summed E-state index contributed by atoms with van der Waals surface area (Å²) in [6.45, 7) is 4.28. The van der Waals surface area contributed by atoms with Crippen LogP contribution in [-0.2, 0) is 4.74 Å². The molecule has 0 bridgehead atoms. The number of ether oxygens (including phenoxy) is 1. The molecular formula is C10H17NO. The normalized spacial score (nSPS) is 27.9. The first-order valence-electron chi connectivity index (χ1n) is 4.84. The summed E-state index contributed by atoms with van der Waals surface area (Å²) in [5.41, 5.74) is 0.0125. The highest BCUT2D eigenvalue weighted by Crippen LogP contribution is 2.33. The zero-order valence-corrected chi connectivity index (χ0v) is 7.97. The summed E-state index contributed by atoms with van der Waals surface area (Å²) in [4.78, 5) is 0. The van der Waals surface area contributed by atoms with Crippen molar-refractivity contribution in [2.45, 2.75) is 57.7 Å². The molecule has 0 radical (unpaired) electrons. The zero-order chi connectivity index (χ0) is 9.03. The second-order valence-corrected chi connectivity index (χ2v) is 3.52. The minimum absolute atomic E-state index is 0.0125. The van der Waals surface area contributed by atoms with Gasteiger partial charge in [0.1, 0.15) is 6.10 Å². The number of rotatable bonds is 2. The Bertz CT molecular complexity index is 179. The van der Waals surface area contributed by atoms with E-state index < -0.39 is 0 Å². The van der Waals surface area contributed by atoms with E-state index in [2.05, 4.69) is 19.9 Å². The molecule has 0 spiro atoms. The Hall–Kier alpha value is -0.550. The molecule has 12 heavy (non-hydrogen) atoms. The third-order valence-corrected chi connectivity index (χ3v) is 2.92. The summed E-state index contributed by atoms with van der Waals surface area (Å²) in [6.07, 6.45) is 5.08. The molecule has 1 fully saturated rings. The fourth-order valence-corrected chi connectivity index (χ4v) is 1.89. The second kappa shape index (κ2) is 3.91. The average molecular weight is 167 g/mol. The summed E-state index contributed by atoms with van der Waals surface area (Å²) in [5.74, 6) is 0. The van der Waals surface area contributed by atoms with E-state index >= 15 is 0 Å². The fraction of sp³-hybridized carbons (Fsp3) is 0.900. The molecule has 68 valence electrons. The van der Waals surface area contributed by atoms with Crippen molar-refractivity contribution in [1.82, 2.24) is 0 Å². The van der Waals surface area contributed by atoms with Crippen LogP contribution in [0.1, 0.15) is 46.0 Å². The largest absolute Gasteiger partial charge is 0.357 e. The summed E-state index contributed by atoms with van der Waals surface area (Å²) in [7, 11) is 0. The standard InChI is InChI=1S/C10H17NO/c1-3-10(4-2)7-5-6-9(8-11)12-10/h9H,3-7H2,1-2H3. The molecule has 0 aromatic heterocycles. The van der Waals surface area contributed by atoms with E-state index in [1.165, 1.54) is 0 Å². The van der Waals surface area contributed by atoms with E-state index in [9.17, 15) is 0 Å². The lowest BCUT2D eigenvalue weighted by molar-refractivity contribution is -0.111. The van der Waals surface area contributed by atoms with E-state index in [1.54, 1.807) is 0 Å². The Balaban J connectivity index is 2.60. The van der Waals surface area contributed by atoms with Gasteiger partial charge in [0.15, 0.2) is 0 Å². The molecule has 1 atom stereocenters. The van der Waals surface area contributed by atoms with Crippen LogP contribution in [0.4, 0.5) is 0 Å². The van der Waals surface area contributed by atoms with Gasteiger partial charge >= 0.3 is 0 Å². The van der Waals surface area contributed by atoms with E-state index in [0.29, 0.717) is 0 Å². The molecule has 0 aliphatic carbocycles. The monoisotopic (exact) mass is 167 g/mol. The minimum Gasteiger partial charge on any atom is -0.357 e. The van der Waals surface area contributed by atoms with Gasteiger partial charge in [-0.05, 0) is 32.1 Å². The minimum atomic E-state index is -0.154. The van der Waals surface area contributed by atoms with Gasteiger partial charge in [0.05, 0.1) is 11.7 Å². The van der Waals surface area contributed by atoms with Crippen molar-refractivity contribution in [2.75, 3.05) is 0 Å². The molecular weight excluding hydrogens is 150 g/mol. The molecule has 1 saturated heterocycles. The third kappa shape index (κ3) is 1.78. The van der Waals surface area contributed by atoms with Crippen LogP contribution in [0.5, 0.6) is 0 Å². The highest BCUT2D eigenvalue weighted by molar-refractivity contribution is 4.93. The molecule has 0 aromatic carbocycles. The van der Waals surface area contributed by atoms with Gasteiger partial charge in [-0.2, -0.15) is 5.26 Å². The van der Waals surface area contributed by atoms with Gasteiger partial charge in [-0.1, -0.05) is 13.8 Å². The van der Waals surface area contributed by atoms with Crippen LogP contribution in [0.25, 0.3) is 0 Å². The summed E-state index contributed by atoms with van der Waals surface area (Å²) < 4.78 is 5.76. The lowest BCUT2D eigenvalue weighted by Crippen LogP contribution is -2.39.